The van der Waals surface area contributed by atoms with Gasteiger partial charge in [-0.1, -0.05) is 0 Å². The molecule has 0 aromatic carbocycles. The molecule has 1 fully saturated rings. The van der Waals surface area contributed by atoms with Crippen molar-refractivity contribution in [1.82, 2.24) is 0 Å². The third-order valence-electron chi connectivity index (χ3n) is 2.60. The largest absolute Gasteiger partial charge is 0.396 e. The van der Waals surface area contributed by atoms with Crippen molar-refractivity contribution >= 4 is 5.78 Å². The number of ether oxygens (including phenoxy) is 2. The molecule has 1 saturated heterocycles. The van der Waals surface area contributed by atoms with Crippen LogP contribution in [0.1, 0.15) is 32.6 Å². The summed E-state index contributed by atoms with van der Waals surface area (Å²) in [5.74, 6) is 1.41. The zero-order valence-corrected chi connectivity index (χ0v) is 9.91. The Kier molecular flexibility index (Phi) is 6.61. The van der Waals surface area contributed by atoms with Gasteiger partial charge in [-0.25, -0.2) is 0 Å². The summed E-state index contributed by atoms with van der Waals surface area (Å²) in [5, 5.41) is 8.89. The Balaban J connectivity index is 2.02. The van der Waals surface area contributed by atoms with Crippen molar-refractivity contribution in [3.05, 3.63) is 5.92 Å². The Morgan fingerprint density at radius 3 is 2.69 bits per heavy atom. The van der Waals surface area contributed by atoms with Crippen molar-refractivity contribution in [3.63, 3.8) is 0 Å². The lowest BCUT2D eigenvalue weighted by molar-refractivity contribution is -0.117. The first-order valence-electron chi connectivity index (χ1n) is 5.85. The van der Waals surface area contributed by atoms with Crippen LogP contribution in [0.25, 0.3) is 0 Å². The predicted octanol–water partition coefficient (Wildman–Crippen LogP) is 1.12. The van der Waals surface area contributed by atoms with Gasteiger partial charge in [-0.3, -0.25) is 0 Å². The van der Waals surface area contributed by atoms with Crippen molar-refractivity contribution < 1.29 is 19.4 Å². The van der Waals surface area contributed by atoms with E-state index in [4.69, 9.17) is 14.6 Å². The highest BCUT2D eigenvalue weighted by Crippen LogP contribution is 2.18. The minimum atomic E-state index is 0.152. The van der Waals surface area contributed by atoms with Crippen LogP contribution in [0.2, 0.25) is 0 Å². The Labute approximate surface area is 96.9 Å². The number of carbonyl (C=O) groups is 1. The number of ketones is 1. The molecule has 0 aliphatic carbocycles. The summed E-state index contributed by atoms with van der Waals surface area (Å²) in [6.07, 6.45) is 3.16. The molecule has 0 bridgehead atoms. The van der Waals surface area contributed by atoms with Crippen LogP contribution in [0, 0.1) is 5.92 Å². The summed E-state index contributed by atoms with van der Waals surface area (Å²) in [4.78, 5) is 10.9. The van der Waals surface area contributed by atoms with Crippen LogP contribution >= 0.6 is 0 Å². The minimum Gasteiger partial charge on any atom is -0.396 e. The van der Waals surface area contributed by atoms with Crippen LogP contribution in [-0.2, 0) is 14.3 Å². The standard InChI is InChI=1S/C12H21O4/c1-10(14)2-3-11(4-6-13)5-7-15-8-12-9-16-12/h12-13H,2-9H2,1H3. The van der Waals surface area contributed by atoms with Crippen LogP contribution in [0.3, 0.4) is 0 Å². The lowest BCUT2D eigenvalue weighted by Gasteiger charge is -2.14. The molecular formula is C12H21O4. The van der Waals surface area contributed by atoms with Gasteiger partial charge < -0.3 is 19.4 Å². The monoisotopic (exact) mass is 229 g/mol. The van der Waals surface area contributed by atoms with Gasteiger partial charge in [0.1, 0.15) is 11.9 Å². The van der Waals surface area contributed by atoms with Gasteiger partial charge in [0.05, 0.1) is 13.2 Å². The summed E-state index contributed by atoms with van der Waals surface area (Å²) < 4.78 is 10.5. The average Bonchev–Trinajstić information content (AvgIpc) is 3.04. The highest BCUT2D eigenvalue weighted by atomic mass is 16.6. The molecule has 1 rings (SSSR count). The molecule has 0 saturated carbocycles. The van der Waals surface area contributed by atoms with Crippen molar-refractivity contribution in [2.75, 3.05) is 26.4 Å². The fraction of sp³-hybridized carbons (Fsp3) is 0.833. The molecule has 0 aromatic rings. The van der Waals surface area contributed by atoms with Gasteiger partial charge in [-0.15, -0.1) is 0 Å². The predicted molar refractivity (Wildman–Crippen MR) is 60.0 cm³/mol. The number of epoxide rings is 1. The van der Waals surface area contributed by atoms with Gasteiger partial charge in [-0.2, -0.15) is 0 Å². The first kappa shape index (κ1) is 13.6. The number of rotatable bonds is 10. The first-order valence-corrected chi connectivity index (χ1v) is 5.85. The molecule has 16 heavy (non-hydrogen) atoms. The van der Waals surface area contributed by atoms with E-state index in [0.717, 1.165) is 19.4 Å². The van der Waals surface area contributed by atoms with E-state index in [1.807, 2.05) is 0 Å². The average molecular weight is 229 g/mol. The summed E-state index contributed by atoms with van der Waals surface area (Å²) >= 11 is 0. The van der Waals surface area contributed by atoms with E-state index in [2.05, 4.69) is 0 Å². The van der Waals surface area contributed by atoms with E-state index >= 15 is 0 Å². The summed E-state index contributed by atoms with van der Waals surface area (Å²) in [5.41, 5.74) is 0. The number of Topliss-reactive ketones (excluding diaryl/α,β-unsaturated/α-hetero) is 1. The lowest BCUT2D eigenvalue weighted by Crippen LogP contribution is -2.09. The van der Waals surface area contributed by atoms with E-state index in [0.29, 0.717) is 32.2 Å². The molecule has 0 aromatic heterocycles. The molecular weight excluding hydrogens is 208 g/mol. The first-order chi connectivity index (χ1) is 7.72. The quantitative estimate of drug-likeness (QED) is 0.450. The molecule has 0 spiro atoms. The molecule has 1 atom stereocenters. The maximum absolute atomic E-state index is 10.9. The molecule has 1 radical (unpaired) electrons. The molecule has 1 unspecified atom stereocenters. The van der Waals surface area contributed by atoms with Crippen LogP contribution < -0.4 is 0 Å². The summed E-state index contributed by atoms with van der Waals surface area (Å²) in [6.45, 7) is 3.89. The number of aliphatic hydroxyl groups excluding tert-OH is 1. The van der Waals surface area contributed by atoms with Gasteiger partial charge in [-0.05, 0) is 32.1 Å². The van der Waals surface area contributed by atoms with Crippen molar-refractivity contribution in [2.45, 2.75) is 38.7 Å². The third kappa shape index (κ3) is 6.93. The Morgan fingerprint density at radius 2 is 2.12 bits per heavy atom. The van der Waals surface area contributed by atoms with Crippen LogP contribution in [0.5, 0.6) is 0 Å². The van der Waals surface area contributed by atoms with Crippen LogP contribution in [0.15, 0.2) is 0 Å². The van der Waals surface area contributed by atoms with E-state index in [1.54, 1.807) is 6.92 Å². The number of aliphatic hydroxyl groups is 1. The number of carbonyl (C=O) groups excluding carboxylic acids is 1. The zero-order valence-electron chi connectivity index (χ0n) is 9.91. The van der Waals surface area contributed by atoms with Gasteiger partial charge in [0.2, 0.25) is 0 Å². The molecule has 93 valence electrons. The topological polar surface area (TPSA) is 59.1 Å². The number of hydrogen-bond acceptors (Lipinski definition) is 4. The van der Waals surface area contributed by atoms with E-state index < -0.39 is 0 Å². The highest BCUT2D eigenvalue weighted by molar-refractivity contribution is 5.75. The van der Waals surface area contributed by atoms with Crippen LogP contribution in [0.4, 0.5) is 0 Å². The van der Waals surface area contributed by atoms with E-state index in [9.17, 15) is 4.79 Å². The maximum Gasteiger partial charge on any atom is 0.129 e. The number of hydrogen-bond donors (Lipinski definition) is 1. The van der Waals surface area contributed by atoms with Crippen molar-refractivity contribution in [2.24, 2.45) is 0 Å². The zero-order chi connectivity index (χ0) is 11.8. The molecule has 4 nitrogen and oxygen atoms in total. The molecule has 4 heteroatoms. The Bertz CT molecular complexity index is 201. The molecule has 1 aliphatic heterocycles. The van der Waals surface area contributed by atoms with Crippen LogP contribution in [-0.4, -0.2) is 43.4 Å². The molecule has 0 amide bonds. The minimum absolute atomic E-state index is 0.152. The van der Waals surface area contributed by atoms with E-state index in [-0.39, 0.29) is 12.4 Å². The molecule has 1 aliphatic rings. The normalized spacial score (nSPS) is 19.1. The van der Waals surface area contributed by atoms with Gasteiger partial charge in [0, 0.05) is 19.6 Å². The second-order valence-corrected chi connectivity index (χ2v) is 4.21. The lowest BCUT2D eigenvalue weighted by atomic mass is 9.95. The van der Waals surface area contributed by atoms with E-state index in [1.165, 1.54) is 5.92 Å². The highest BCUT2D eigenvalue weighted by Gasteiger charge is 2.22. The van der Waals surface area contributed by atoms with Crippen molar-refractivity contribution in [1.29, 1.82) is 0 Å². The second kappa shape index (κ2) is 7.76. The van der Waals surface area contributed by atoms with Gasteiger partial charge in [0.25, 0.3) is 0 Å². The maximum atomic E-state index is 10.9. The van der Waals surface area contributed by atoms with Crippen molar-refractivity contribution in [3.8, 4) is 0 Å². The SMILES string of the molecule is CC(=O)CC[C](CCO)CCOCC1CO1. The van der Waals surface area contributed by atoms with Gasteiger partial charge in [0.15, 0.2) is 0 Å². The Morgan fingerprint density at radius 1 is 1.38 bits per heavy atom. The molecule has 1 N–H and O–H groups in total. The smallest absolute Gasteiger partial charge is 0.129 e. The third-order valence-corrected chi connectivity index (χ3v) is 2.60. The second-order valence-electron chi connectivity index (χ2n) is 4.21. The summed E-state index contributed by atoms with van der Waals surface area (Å²) in [7, 11) is 0. The van der Waals surface area contributed by atoms with Gasteiger partial charge >= 0.3 is 0 Å². The molecule has 1 heterocycles. The fourth-order valence-electron chi connectivity index (χ4n) is 1.48. The fourth-order valence-corrected chi connectivity index (χ4v) is 1.48. The summed E-state index contributed by atoms with van der Waals surface area (Å²) in [6, 6.07) is 0. The Hall–Kier alpha value is -0.450.